The van der Waals surface area contributed by atoms with Gasteiger partial charge in [0.05, 0.1) is 18.2 Å². The van der Waals surface area contributed by atoms with Crippen LogP contribution in [0, 0.1) is 0 Å². The van der Waals surface area contributed by atoms with Crippen molar-refractivity contribution >= 4 is 23.0 Å². The van der Waals surface area contributed by atoms with Gasteiger partial charge in [0.15, 0.2) is 11.5 Å². The molecule has 0 aliphatic carbocycles. The molecule has 96 valence electrons. The molecule has 2 N–H and O–H groups in total. The van der Waals surface area contributed by atoms with Crippen molar-refractivity contribution < 1.29 is 19.8 Å². The monoisotopic (exact) mass is 267 g/mol. The number of ketones is 1. The first-order valence-electron chi connectivity index (χ1n) is 5.47. The number of aliphatic hydroxyl groups is 2. The lowest BCUT2D eigenvalue weighted by molar-refractivity contribution is -0.129. The Morgan fingerprint density at radius 1 is 1.56 bits per heavy atom. The van der Waals surface area contributed by atoms with Crippen molar-refractivity contribution in [2.45, 2.75) is 13.0 Å². The van der Waals surface area contributed by atoms with Crippen LogP contribution >= 0.6 is 11.3 Å². The third kappa shape index (κ3) is 1.93. The largest absolute Gasteiger partial charge is 0.503 e. The van der Waals surface area contributed by atoms with E-state index >= 15 is 0 Å². The standard InChI is InChI=1S/C12H13NO4S/c1-7(15)9-10(8-3-2-6-18-8)13(4-5-14)12(17)11(9)16/h2-3,6,10,14,16H,4-5H2,1H3. The predicted molar refractivity (Wildman–Crippen MR) is 66.2 cm³/mol. The highest BCUT2D eigenvalue weighted by atomic mass is 32.1. The first kappa shape index (κ1) is 12.8. The second kappa shape index (κ2) is 4.91. The first-order chi connectivity index (χ1) is 8.57. The summed E-state index contributed by atoms with van der Waals surface area (Å²) < 4.78 is 0. The van der Waals surface area contributed by atoms with Gasteiger partial charge >= 0.3 is 0 Å². The summed E-state index contributed by atoms with van der Waals surface area (Å²) in [5.41, 5.74) is 0.107. The average Bonchev–Trinajstić information content (AvgIpc) is 2.91. The van der Waals surface area contributed by atoms with Gasteiger partial charge in [-0.2, -0.15) is 0 Å². The third-order valence-corrected chi connectivity index (χ3v) is 3.76. The van der Waals surface area contributed by atoms with Gasteiger partial charge in [-0.25, -0.2) is 0 Å². The maximum Gasteiger partial charge on any atom is 0.290 e. The van der Waals surface area contributed by atoms with E-state index in [9.17, 15) is 14.7 Å². The minimum Gasteiger partial charge on any atom is -0.503 e. The topological polar surface area (TPSA) is 77.8 Å². The van der Waals surface area contributed by atoms with E-state index in [1.54, 1.807) is 6.07 Å². The van der Waals surface area contributed by atoms with E-state index in [2.05, 4.69) is 0 Å². The van der Waals surface area contributed by atoms with Crippen LogP contribution < -0.4 is 0 Å². The highest BCUT2D eigenvalue weighted by molar-refractivity contribution is 7.10. The molecule has 0 spiro atoms. The molecular weight excluding hydrogens is 254 g/mol. The van der Waals surface area contributed by atoms with Crippen molar-refractivity contribution in [2.75, 3.05) is 13.2 Å². The predicted octanol–water partition coefficient (Wildman–Crippen LogP) is 1.02. The number of rotatable bonds is 4. The second-order valence-corrected chi connectivity index (χ2v) is 4.94. The maximum atomic E-state index is 11.9. The van der Waals surface area contributed by atoms with Gasteiger partial charge in [0.1, 0.15) is 0 Å². The Hall–Kier alpha value is -1.66. The Balaban J connectivity index is 2.48. The van der Waals surface area contributed by atoms with E-state index in [0.29, 0.717) is 0 Å². The normalized spacial score (nSPS) is 19.8. The lowest BCUT2D eigenvalue weighted by Crippen LogP contribution is -2.33. The Bertz CT molecular complexity index is 506. The Kier molecular flexibility index (Phi) is 3.49. The molecule has 18 heavy (non-hydrogen) atoms. The molecular formula is C12H13NO4S. The van der Waals surface area contributed by atoms with Gasteiger partial charge in [0.2, 0.25) is 0 Å². The maximum absolute atomic E-state index is 11.9. The van der Waals surface area contributed by atoms with E-state index in [4.69, 9.17) is 5.11 Å². The van der Waals surface area contributed by atoms with Crippen molar-refractivity contribution in [3.63, 3.8) is 0 Å². The van der Waals surface area contributed by atoms with Crippen LogP contribution in [0.1, 0.15) is 17.8 Å². The Labute approximate surface area is 108 Å². The molecule has 0 aromatic carbocycles. The van der Waals surface area contributed by atoms with Crippen LogP contribution in [0.5, 0.6) is 0 Å². The zero-order valence-electron chi connectivity index (χ0n) is 9.79. The van der Waals surface area contributed by atoms with Crippen LogP contribution in [0.15, 0.2) is 28.8 Å². The summed E-state index contributed by atoms with van der Waals surface area (Å²) in [5, 5.41) is 20.6. The lowest BCUT2D eigenvalue weighted by atomic mass is 10.0. The fourth-order valence-corrected chi connectivity index (χ4v) is 2.94. The number of carbonyl (C=O) groups is 2. The molecule has 1 unspecified atom stereocenters. The molecule has 0 bridgehead atoms. The van der Waals surface area contributed by atoms with Crippen molar-refractivity contribution in [2.24, 2.45) is 0 Å². The fraction of sp³-hybridized carbons (Fsp3) is 0.333. The number of amides is 1. The van der Waals surface area contributed by atoms with E-state index in [0.717, 1.165) is 4.88 Å². The Morgan fingerprint density at radius 2 is 2.28 bits per heavy atom. The molecule has 5 nitrogen and oxygen atoms in total. The molecule has 0 saturated heterocycles. The van der Waals surface area contributed by atoms with Gasteiger partial charge in [-0.15, -0.1) is 11.3 Å². The minimum absolute atomic E-state index is 0.0856. The molecule has 6 heteroatoms. The van der Waals surface area contributed by atoms with Gasteiger partial charge < -0.3 is 15.1 Å². The summed E-state index contributed by atoms with van der Waals surface area (Å²) >= 11 is 1.40. The van der Waals surface area contributed by atoms with Crippen LogP contribution in [0.2, 0.25) is 0 Å². The van der Waals surface area contributed by atoms with Crippen LogP contribution in [-0.4, -0.2) is 40.0 Å². The molecule has 1 aromatic rings. The molecule has 0 saturated carbocycles. The quantitative estimate of drug-likeness (QED) is 0.854. The molecule has 1 amide bonds. The van der Waals surface area contributed by atoms with Crippen LogP contribution in [0.25, 0.3) is 0 Å². The summed E-state index contributed by atoms with van der Waals surface area (Å²) in [7, 11) is 0. The smallest absolute Gasteiger partial charge is 0.290 e. The van der Waals surface area contributed by atoms with Crippen molar-refractivity contribution in [1.29, 1.82) is 0 Å². The summed E-state index contributed by atoms with van der Waals surface area (Å²) in [6, 6.07) is 3.03. The number of nitrogens with zero attached hydrogens (tertiary/aromatic N) is 1. The lowest BCUT2D eigenvalue weighted by Gasteiger charge is -2.24. The van der Waals surface area contributed by atoms with E-state index in [-0.39, 0.29) is 24.5 Å². The van der Waals surface area contributed by atoms with Gasteiger partial charge in [-0.05, 0) is 18.4 Å². The summed E-state index contributed by atoms with van der Waals surface area (Å²) in [5.74, 6) is -1.44. The summed E-state index contributed by atoms with van der Waals surface area (Å²) in [4.78, 5) is 25.6. The van der Waals surface area contributed by atoms with Gasteiger partial charge in [-0.1, -0.05) is 6.07 Å². The van der Waals surface area contributed by atoms with E-state index in [1.165, 1.54) is 23.2 Å². The average molecular weight is 267 g/mol. The van der Waals surface area contributed by atoms with Crippen molar-refractivity contribution in [3.05, 3.63) is 33.7 Å². The third-order valence-electron chi connectivity index (χ3n) is 2.84. The van der Waals surface area contributed by atoms with Gasteiger partial charge in [0.25, 0.3) is 5.91 Å². The molecule has 0 radical (unpaired) electrons. The highest BCUT2D eigenvalue weighted by Gasteiger charge is 2.42. The van der Waals surface area contributed by atoms with Crippen LogP contribution in [0.4, 0.5) is 0 Å². The van der Waals surface area contributed by atoms with Crippen LogP contribution in [-0.2, 0) is 9.59 Å². The number of hydrogen-bond donors (Lipinski definition) is 2. The molecule has 1 atom stereocenters. The molecule has 0 fully saturated rings. The molecule has 1 aliphatic rings. The fourth-order valence-electron chi connectivity index (χ4n) is 2.09. The number of thiophene rings is 1. The van der Waals surface area contributed by atoms with E-state index < -0.39 is 17.7 Å². The first-order valence-corrected chi connectivity index (χ1v) is 6.35. The molecule has 1 aliphatic heterocycles. The molecule has 1 aromatic heterocycles. The van der Waals surface area contributed by atoms with Gasteiger partial charge in [0, 0.05) is 11.4 Å². The SMILES string of the molecule is CC(=O)C1=C(O)C(=O)N(CCO)C1c1cccs1. The number of aliphatic hydroxyl groups excluding tert-OH is 2. The zero-order chi connectivity index (χ0) is 13.3. The summed E-state index contributed by atoms with van der Waals surface area (Å²) in [6.07, 6.45) is 0. The zero-order valence-corrected chi connectivity index (χ0v) is 10.6. The number of Topliss-reactive ketones (excluding diaryl/α,β-unsaturated/α-hetero) is 1. The summed E-state index contributed by atoms with van der Waals surface area (Å²) in [6.45, 7) is 1.19. The number of β-amino-alcohol motifs (C(OH)–C–C–N with tert-alkyl or cyclic N) is 1. The highest BCUT2D eigenvalue weighted by Crippen LogP contribution is 2.39. The number of hydrogen-bond acceptors (Lipinski definition) is 5. The van der Waals surface area contributed by atoms with Crippen molar-refractivity contribution in [1.82, 2.24) is 4.90 Å². The Morgan fingerprint density at radius 3 is 2.78 bits per heavy atom. The minimum atomic E-state index is -0.604. The van der Waals surface area contributed by atoms with Gasteiger partial charge in [-0.3, -0.25) is 9.59 Å². The second-order valence-electron chi connectivity index (χ2n) is 3.96. The van der Waals surface area contributed by atoms with Crippen molar-refractivity contribution in [3.8, 4) is 0 Å². The van der Waals surface area contributed by atoms with Crippen LogP contribution in [0.3, 0.4) is 0 Å². The van der Waals surface area contributed by atoms with E-state index in [1.807, 2.05) is 11.4 Å². The molecule has 2 heterocycles. The molecule has 2 rings (SSSR count). The number of carbonyl (C=O) groups excluding carboxylic acids is 2.